The Bertz CT molecular complexity index is 514. The summed E-state index contributed by atoms with van der Waals surface area (Å²) in [7, 11) is 1.70. The van der Waals surface area contributed by atoms with E-state index in [9.17, 15) is 13.6 Å². The van der Waals surface area contributed by atoms with Gasteiger partial charge in [0.05, 0.1) is 0 Å². The Hall–Kier alpha value is -1.91. The Morgan fingerprint density at radius 2 is 1.85 bits per heavy atom. The van der Waals surface area contributed by atoms with Crippen LogP contribution in [0.3, 0.4) is 0 Å². The number of aliphatic carboxylic acids is 1. The van der Waals surface area contributed by atoms with Crippen molar-refractivity contribution in [3.8, 4) is 0 Å². The van der Waals surface area contributed by atoms with Crippen molar-refractivity contribution in [2.75, 3.05) is 11.9 Å². The first-order chi connectivity index (χ1) is 9.49. The monoisotopic (exact) mass is 281 g/mol. The second-order valence-corrected chi connectivity index (χ2v) is 5.05. The minimum atomic E-state index is -1.15. The standard InChI is InChI=1S/C15H17F2NO2/c1-18(11-4-2-3-5-11)15-12(16)8-10(9-13(15)17)6-7-14(19)20/h6-9,11H,2-5H2,1H3,(H,19,20). The number of nitrogens with zero attached hydrogens (tertiary/aromatic N) is 1. The second-order valence-electron chi connectivity index (χ2n) is 5.05. The van der Waals surface area contributed by atoms with Crippen LogP contribution in [0.1, 0.15) is 31.2 Å². The first-order valence-corrected chi connectivity index (χ1v) is 6.62. The molecule has 1 aromatic carbocycles. The van der Waals surface area contributed by atoms with Gasteiger partial charge in [0.1, 0.15) is 17.3 Å². The number of carboxylic acids is 1. The summed E-state index contributed by atoms with van der Waals surface area (Å²) in [6.07, 6.45) is 6.07. The summed E-state index contributed by atoms with van der Waals surface area (Å²) in [6.45, 7) is 0. The fourth-order valence-electron chi connectivity index (χ4n) is 2.66. The van der Waals surface area contributed by atoms with E-state index in [0.29, 0.717) is 0 Å². The molecule has 1 aliphatic carbocycles. The molecule has 0 amide bonds. The van der Waals surface area contributed by atoms with Gasteiger partial charge in [-0.1, -0.05) is 12.8 Å². The van der Waals surface area contributed by atoms with Crippen LogP contribution in [0.15, 0.2) is 18.2 Å². The lowest BCUT2D eigenvalue weighted by atomic mass is 10.1. The smallest absolute Gasteiger partial charge is 0.328 e. The van der Waals surface area contributed by atoms with Gasteiger partial charge in [0.2, 0.25) is 0 Å². The maximum absolute atomic E-state index is 14.1. The Morgan fingerprint density at radius 3 is 2.35 bits per heavy atom. The maximum Gasteiger partial charge on any atom is 0.328 e. The highest BCUT2D eigenvalue weighted by atomic mass is 19.1. The van der Waals surface area contributed by atoms with Crippen LogP contribution in [0.2, 0.25) is 0 Å². The zero-order chi connectivity index (χ0) is 14.7. The molecule has 1 fully saturated rings. The van der Waals surface area contributed by atoms with Crippen LogP contribution in [0.5, 0.6) is 0 Å². The molecule has 0 radical (unpaired) electrons. The van der Waals surface area contributed by atoms with Gasteiger partial charge in [-0.2, -0.15) is 0 Å². The van der Waals surface area contributed by atoms with Crippen LogP contribution in [0.4, 0.5) is 14.5 Å². The van der Waals surface area contributed by atoms with Gasteiger partial charge in [-0.15, -0.1) is 0 Å². The van der Waals surface area contributed by atoms with Crippen LogP contribution >= 0.6 is 0 Å². The molecule has 108 valence electrons. The number of anilines is 1. The molecule has 3 nitrogen and oxygen atoms in total. The van der Waals surface area contributed by atoms with Crippen molar-refractivity contribution in [3.63, 3.8) is 0 Å². The summed E-state index contributed by atoms with van der Waals surface area (Å²) in [5.74, 6) is -2.48. The van der Waals surface area contributed by atoms with E-state index >= 15 is 0 Å². The number of rotatable bonds is 4. The lowest BCUT2D eigenvalue weighted by Gasteiger charge is -2.27. The van der Waals surface area contributed by atoms with Crippen LogP contribution in [0, 0.1) is 11.6 Å². The van der Waals surface area contributed by atoms with E-state index in [1.54, 1.807) is 11.9 Å². The molecule has 0 saturated heterocycles. The highest BCUT2D eigenvalue weighted by Gasteiger charge is 2.24. The Kier molecular flexibility index (Phi) is 4.37. The van der Waals surface area contributed by atoms with Gasteiger partial charge < -0.3 is 10.0 Å². The molecule has 20 heavy (non-hydrogen) atoms. The van der Waals surface area contributed by atoms with E-state index in [4.69, 9.17) is 5.11 Å². The summed E-state index contributed by atoms with van der Waals surface area (Å²) in [6, 6.07) is 2.48. The number of benzene rings is 1. The Balaban J connectivity index is 2.28. The van der Waals surface area contributed by atoms with E-state index in [2.05, 4.69) is 0 Å². The molecule has 0 heterocycles. The number of hydrogen-bond donors (Lipinski definition) is 1. The van der Waals surface area contributed by atoms with Gasteiger partial charge in [0.15, 0.2) is 0 Å². The predicted octanol–water partition coefficient (Wildman–Crippen LogP) is 3.44. The Labute approximate surface area is 116 Å². The summed E-state index contributed by atoms with van der Waals surface area (Å²) in [5, 5.41) is 8.52. The van der Waals surface area contributed by atoms with Gasteiger partial charge in [-0.25, -0.2) is 13.6 Å². The van der Waals surface area contributed by atoms with Crippen molar-refractivity contribution < 1.29 is 18.7 Å². The fraction of sp³-hybridized carbons (Fsp3) is 0.400. The molecule has 1 N–H and O–H groups in total. The first-order valence-electron chi connectivity index (χ1n) is 6.62. The predicted molar refractivity (Wildman–Crippen MR) is 73.7 cm³/mol. The summed E-state index contributed by atoms with van der Waals surface area (Å²) in [5.41, 5.74) is 0.162. The zero-order valence-corrected chi connectivity index (χ0v) is 11.3. The van der Waals surface area contributed by atoms with Crippen molar-refractivity contribution >= 4 is 17.7 Å². The van der Waals surface area contributed by atoms with Gasteiger partial charge in [0, 0.05) is 19.2 Å². The highest BCUT2D eigenvalue weighted by Crippen LogP contribution is 2.31. The van der Waals surface area contributed by atoms with Gasteiger partial charge in [-0.05, 0) is 36.6 Å². The third kappa shape index (κ3) is 3.15. The average Bonchev–Trinajstić information content (AvgIpc) is 2.89. The topological polar surface area (TPSA) is 40.5 Å². The largest absolute Gasteiger partial charge is 0.478 e. The molecule has 0 unspecified atom stereocenters. The van der Waals surface area contributed by atoms with E-state index in [0.717, 1.165) is 43.9 Å². The molecule has 0 atom stereocenters. The van der Waals surface area contributed by atoms with Crippen molar-refractivity contribution in [1.82, 2.24) is 0 Å². The van der Waals surface area contributed by atoms with Crippen molar-refractivity contribution in [3.05, 3.63) is 35.4 Å². The van der Waals surface area contributed by atoms with Gasteiger partial charge >= 0.3 is 5.97 Å². The van der Waals surface area contributed by atoms with Crippen molar-refractivity contribution in [1.29, 1.82) is 0 Å². The van der Waals surface area contributed by atoms with E-state index in [1.807, 2.05) is 0 Å². The molecule has 2 rings (SSSR count). The molecule has 0 bridgehead atoms. The summed E-state index contributed by atoms with van der Waals surface area (Å²) in [4.78, 5) is 12.1. The lowest BCUT2D eigenvalue weighted by molar-refractivity contribution is -0.131. The summed E-state index contributed by atoms with van der Waals surface area (Å²) >= 11 is 0. The molecule has 0 aromatic heterocycles. The van der Waals surface area contributed by atoms with E-state index < -0.39 is 17.6 Å². The number of carbonyl (C=O) groups is 1. The second kappa shape index (κ2) is 6.03. The molecule has 1 aromatic rings. The minimum absolute atomic E-state index is 0.0376. The average molecular weight is 281 g/mol. The van der Waals surface area contributed by atoms with Crippen LogP contribution in [0.25, 0.3) is 6.08 Å². The van der Waals surface area contributed by atoms with Gasteiger partial charge in [-0.3, -0.25) is 0 Å². The molecule has 1 aliphatic rings. The van der Waals surface area contributed by atoms with Crippen LogP contribution in [-0.2, 0) is 4.79 Å². The van der Waals surface area contributed by atoms with Crippen molar-refractivity contribution in [2.45, 2.75) is 31.7 Å². The SMILES string of the molecule is CN(c1c(F)cc(C=CC(=O)O)cc1F)C1CCCC1. The summed E-state index contributed by atoms with van der Waals surface area (Å²) < 4.78 is 28.2. The number of hydrogen-bond acceptors (Lipinski definition) is 2. The highest BCUT2D eigenvalue weighted by molar-refractivity contribution is 5.85. The minimum Gasteiger partial charge on any atom is -0.478 e. The molecular formula is C15H17F2NO2. The van der Waals surface area contributed by atoms with Crippen molar-refractivity contribution in [2.24, 2.45) is 0 Å². The first kappa shape index (κ1) is 14.5. The molecule has 5 heteroatoms. The van der Waals surface area contributed by atoms with Crippen LogP contribution in [-0.4, -0.2) is 24.2 Å². The molecule has 0 aliphatic heterocycles. The normalized spacial score (nSPS) is 15.9. The zero-order valence-electron chi connectivity index (χ0n) is 11.3. The fourth-order valence-corrected chi connectivity index (χ4v) is 2.66. The molecule has 1 saturated carbocycles. The molecular weight excluding hydrogens is 264 g/mol. The number of halogens is 2. The maximum atomic E-state index is 14.1. The van der Waals surface area contributed by atoms with E-state index in [1.165, 1.54) is 6.08 Å². The van der Waals surface area contributed by atoms with Crippen LogP contribution < -0.4 is 4.90 Å². The third-order valence-corrected chi connectivity index (χ3v) is 3.68. The Morgan fingerprint density at radius 1 is 1.30 bits per heavy atom. The lowest BCUT2D eigenvalue weighted by Crippen LogP contribution is -2.30. The third-order valence-electron chi connectivity index (χ3n) is 3.68. The van der Waals surface area contributed by atoms with Gasteiger partial charge in [0.25, 0.3) is 0 Å². The number of carboxylic acid groups (broad SMARTS) is 1. The van der Waals surface area contributed by atoms with E-state index in [-0.39, 0.29) is 17.3 Å². The quantitative estimate of drug-likeness (QED) is 0.859. The molecule has 0 spiro atoms.